The Hall–Kier alpha value is -1.99. The fraction of sp³-hybridized carbons (Fsp3) is 0.708. The van der Waals surface area contributed by atoms with Gasteiger partial charge in [-0.1, -0.05) is 31.4 Å². The molecular weight excluding hydrogens is 388 g/mol. The van der Waals surface area contributed by atoms with E-state index in [1.807, 2.05) is 11.6 Å². The minimum Gasteiger partial charge on any atom is -0.494 e. The summed E-state index contributed by atoms with van der Waals surface area (Å²) in [6.07, 6.45) is 6.92. The minimum absolute atomic E-state index is 0.0402. The first-order chi connectivity index (χ1) is 15.0. The van der Waals surface area contributed by atoms with Crippen LogP contribution in [0, 0.1) is 0 Å². The van der Waals surface area contributed by atoms with Crippen LogP contribution in [0.1, 0.15) is 77.2 Å². The molecule has 0 bridgehead atoms. The molecule has 7 nitrogen and oxygen atoms in total. The van der Waals surface area contributed by atoms with Gasteiger partial charge in [0, 0.05) is 32.2 Å². The number of piperazine rings is 1. The van der Waals surface area contributed by atoms with Crippen molar-refractivity contribution in [2.75, 3.05) is 32.8 Å². The second-order valence-electron chi connectivity index (χ2n) is 9.89. The Kier molecular flexibility index (Phi) is 6.92. The summed E-state index contributed by atoms with van der Waals surface area (Å²) in [6, 6.07) is 9.29. The van der Waals surface area contributed by atoms with Crippen LogP contribution in [0.4, 0.5) is 0 Å². The van der Waals surface area contributed by atoms with Crippen molar-refractivity contribution in [3.8, 4) is 5.75 Å². The molecule has 2 aliphatic rings. The molecule has 0 radical (unpaired) electrons. The molecule has 0 N–H and O–H groups in total. The third-order valence-corrected chi connectivity index (χ3v) is 6.69. The zero-order chi connectivity index (χ0) is 21.8. The molecule has 1 unspecified atom stereocenters. The van der Waals surface area contributed by atoms with E-state index in [-0.39, 0.29) is 11.6 Å². The first kappa shape index (κ1) is 22.2. The van der Waals surface area contributed by atoms with E-state index in [9.17, 15) is 0 Å². The summed E-state index contributed by atoms with van der Waals surface area (Å²) in [5.41, 5.74) is 1.04. The summed E-state index contributed by atoms with van der Waals surface area (Å²) >= 11 is 0. The lowest BCUT2D eigenvalue weighted by molar-refractivity contribution is 0.0609. The van der Waals surface area contributed by atoms with Crippen LogP contribution < -0.4 is 4.74 Å². The first-order valence-corrected chi connectivity index (χ1v) is 12.0. The Balaban J connectivity index is 1.58. The van der Waals surface area contributed by atoms with Gasteiger partial charge in [-0.05, 0) is 68.7 Å². The van der Waals surface area contributed by atoms with Crippen LogP contribution in [0.25, 0.3) is 0 Å². The normalized spacial score (nSPS) is 20.6. The van der Waals surface area contributed by atoms with Crippen LogP contribution >= 0.6 is 0 Å². The average molecular weight is 427 g/mol. The highest BCUT2D eigenvalue weighted by atomic mass is 16.5. The molecule has 1 aromatic heterocycles. The number of aromatic nitrogens is 4. The van der Waals surface area contributed by atoms with E-state index in [4.69, 9.17) is 4.74 Å². The highest BCUT2D eigenvalue weighted by Gasteiger charge is 2.34. The SMILES string of the molecule is CCOc1ccc(C(c2nnnn2C(C)(C)C)N2CCN(C3CCCCC3)CC2)cc1. The summed E-state index contributed by atoms with van der Waals surface area (Å²) in [5, 5.41) is 12.9. The summed E-state index contributed by atoms with van der Waals surface area (Å²) in [4.78, 5) is 5.28. The van der Waals surface area contributed by atoms with Gasteiger partial charge in [0.1, 0.15) is 5.75 Å². The Labute approximate surface area is 186 Å². The maximum Gasteiger partial charge on any atom is 0.173 e. The number of benzene rings is 1. The molecule has 1 saturated heterocycles. The third-order valence-electron chi connectivity index (χ3n) is 6.69. The van der Waals surface area contributed by atoms with E-state index in [0.29, 0.717) is 6.61 Å². The number of ether oxygens (including phenoxy) is 1. The van der Waals surface area contributed by atoms with Gasteiger partial charge in [-0.15, -0.1) is 5.10 Å². The fourth-order valence-electron chi connectivity index (χ4n) is 5.09. The summed E-state index contributed by atoms with van der Waals surface area (Å²) in [6.45, 7) is 13.5. The molecule has 4 rings (SSSR count). The lowest BCUT2D eigenvalue weighted by Gasteiger charge is -2.43. The standard InChI is InChI=1S/C24H38N6O/c1-5-31-21-13-11-19(12-14-21)22(23-25-26-27-30(23)24(2,3)4)29-17-15-28(16-18-29)20-9-7-6-8-10-20/h11-14,20,22H,5-10,15-18H2,1-4H3. The van der Waals surface area contributed by atoms with Crippen LogP contribution in [-0.4, -0.2) is 68.8 Å². The maximum absolute atomic E-state index is 5.67. The van der Waals surface area contributed by atoms with Crippen molar-refractivity contribution in [3.05, 3.63) is 35.7 Å². The van der Waals surface area contributed by atoms with Gasteiger partial charge in [-0.25, -0.2) is 4.68 Å². The van der Waals surface area contributed by atoms with Crippen LogP contribution in [0.2, 0.25) is 0 Å². The van der Waals surface area contributed by atoms with E-state index >= 15 is 0 Å². The van der Waals surface area contributed by atoms with Crippen LogP contribution in [0.15, 0.2) is 24.3 Å². The molecule has 1 aliphatic heterocycles. The molecule has 0 spiro atoms. The molecule has 1 saturated carbocycles. The molecule has 31 heavy (non-hydrogen) atoms. The van der Waals surface area contributed by atoms with E-state index in [1.165, 1.54) is 37.7 Å². The van der Waals surface area contributed by atoms with Crippen molar-refractivity contribution in [1.29, 1.82) is 0 Å². The van der Waals surface area contributed by atoms with Crippen molar-refractivity contribution in [2.45, 2.75) is 77.4 Å². The Morgan fingerprint density at radius 3 is 2.29 bits per heavy atom. The molecule has 1 atom stereocenters. The lowest BCUT2D eigenvalue weighted by atomic mass is 9.93. The molecule has 7 heteroatoms. The van der Waals surface area contributed by atoms with Crippen molar-refractivity contribution in [3.63, 3.8) is 0 Å². The predicted molar refractivity (Wildman–Crippen MR) is 122 cm³/mol. The second-order valence-corrected chi connectivity index (χ2v) is 9.89. The van der Waals surface area contributed by atoms with Gasteiger partial charge in [0.15, 0.2) is 5.82 Å². The molecule has 2 fully saturated rings. The highest BCUT2D eigenvalue weighted by Crippen LogP contribution is 2.32. The van der Waals surface area contributed by atoms with Crippen molar-refractivity contribution < 1.29 is 4.74 Å². The lowest BCUT2D eigenvalue weighted by Crippen LogP contribution is -2.52. The quantitative estimate of drug-likeness (QED) is 0.699. The molecule has 170 valence electrons. The monoisotopic (exact) mass is 426 g/mol. The second kappa shape index (κ2) is 9.65. The molecule has 2 aromatic rings. The zero-order valence-electron chi connectivity index (χ0n) is 19.6. The molecule has 1 aromatic carbocycles. The van der Waals surface area contributed by atoms with E-state index in [1.54, 1.807) is 0 Å². The summed E-state index contributed by atoms with van der Waals surface area (Å²) in [7, 11) is 0. The number of hydrogen-bond donors (Lipinski definition) is 0. The topological polar surface area (TPSA) is 59.3 Å². The van der Waals surface area contributed by atoms with Gasteiger partial charge in [0.25, 0.3) is 0 Å². The van der Waals surface area contributed by atoms with E-state index in [2.05, 4.69) is 70.4 Å². The van der Waals surface area contributed by atoms with Crippen molar-refractivity contribution in [2.24, 2.45) is 0 Å². The van der Waals surface area contributed by atoms with Crippen LogP contribution in [-0.2, 0) is 5.54 Å². The largest absolute Gasteiger partial charge is 0.494 e. The zero-order valence-corrected chi connectivity index (χ0v) is 19.6. The molecule has 1 aliphatic carbocycles. The maximum atomic E-state index is 5.67. The Morgan fingerprint density at radius 1 is 1.00 bits per heavy atom. The molecular formula is C24H38N6O. The van der Waals surface area contributed by atoms with Crippen molar-refractivity contribution in [1.82, 2.24) is 30.0 Å². The van der Waals surface area contributed by atoms with Gasteiger partial charge >= 0.3 is 0 Å². The molecule has 2 heterocycles. The molecule has 0 amide bonds. The summed E-state index contributed by atoms with van der Waals surface area (Å²) < 4.78 is 7.66. The van der Waals surface area contributed by atoms with E-state index < -0.39 is 0 Å². The predicted octanol–water partition coefficient (Wildman–Crippen LogP) is 3.87. The summed E-state index contributed by atoms with van der Waals surface area (Å²) in [5.74, 6) is 1.82. The Bertz CT molecular complexity index is 813. The first-order valence-electron chi connectivity index (χ1n) is 12.0. The average Bonchev–Trinajstić information content (AvgIpc) is 3.27. The van der Waals surface area contributed by atoms with Gasteiger partial charge in [0.05, 0.1) is 18.2 Å². The van der Waals surface area contributed by atoms with Crippen molar-refractivity contribution >= 4 is 0 Å². The minimum atomic E-state index is -0.174. The van der Waals surface area contributed by atoms with Gasteiger partial charge < -0.3 is 4.74 Å². The van der Waals surface area contributed by atoms with Gasteiger partial charge in [-0.3, -0.25) is 9.80 Å². The number of hydrogen-bond acceptors (Lipinski definition) is 6. The van der Waals surface area contributed by atoms with Crippen LogP contribution in [0.5, 0.6) is 5.75 Å². The number of tetrazole rings is 1. The Morgan fingerprint density at radius 2 is 1.68 bits per heavy atom. The highest BCUT2D eigenvalue weighted by molar-refractivity contribution is 5.32. The third kappa shape index (κ3) is 5.09. The van der Waals surface area contributed by atoms with E-state index in [0.717, 1.165) is 43.8 Å². The van der Waals surface area contributed by atoms with Gasteiger partial charge in [-0.2, -0.15) is 0 Å². The number of rotatable bonds is 6. The smallest absolute Gasteiger partial charge is 0.173 e. The number of nitrogens with zero attached hydrogens (tertiary/aromatic N) is 6. The van der Waals surface area contributed by atoms with Crippen LogP contribution in [0.3, 0.4) is 0 Å². The fourth-order valence-corrected chi connectivity index (χ4v) is 5.09. The van der Waals surface area contributed by atoms with Gasteiger partial charge in [0.2, 0.25) is 0 Å².